The number of benzene rings is 3. The number of aromatic amines is 1. The van der Waals surface area contributed by atoms with Gasteiger partial charge in [0.05, 0.1) is 6.42 Å². The summed E-state index contributed by atoms with van der Waals surface area (Å²) in [7, 11) is 0. The summed E-state index contributed by atoms with van der Waals surface area (Å²) in [5.41, 5.74) is 3.67. The van der Waals surface area contributed by atoms with Gasteiger partial charge < -0.3 is 4.74 Å². The SMILES string of the molecule is c1ccc(Cc2[nH]c3ccccc3[n+]2CCOc2ccccc2)cc1. The van der Waals surface area contributed by atoms with Gasteiger partial charge in [0.15, 0.2) is 11.0 Å². The van der Waals surface area contributed by atoms with E-state index in [1.807, 2.05) is 30.3 Å². The first-order valence-electron chi connectivity index (χ1n) is 8.61. The maximum absolute atomic E-state index is 5.90. The Morgan fingerprint density at radius 1 is 0.760 bits per heavy atom. The second-order valence-corrected chi connectivity index (χ2v) is 6.06. The van der Waals surface area contributed by atoms with Crippen LogP contribution in [-0.2, 0) is 13.0 Å². The lowest BCUT2D eigenvalue weighted by Gasteiger charge is -2.06. The second kappa shape index (κ2) is 7.22. The van der Waals surface area contributed by atoms with Gasteiger partial charge in [0.25, 0.3) is 5.82 Å². The fourth-order valence-electron chi connectivity index (χ4n) is 3.14. The van der Waals surface area contributed by atoms with Crippen LogP contribution in [0, 0.1) is 0 Å². The van der Waals surface area contributed by atoms with Crippen LogP contribution in [0.3, 0.4) is 0 Å². The van der Waals surface area contributed by atoms with E-state index >= 15 is 0 Å². The summed E-state index contributed by atoms with van der Waals surface area (Å²) in [4.78, 5) is 3.57. The molecule has 3 nitrogen and oxygen atoms in total. The number of aromatic nitrogens is 2. The average Bonchev–Trinajstić information content (AvgIpc) is 3.01. The van der Waals surface area contributed by atoms with Gasteiger partial charge in [-0.05, 0) is 29.8 Å². The zero-order valence-electron chi connectivity index (χ0n) is 14.1. The molecule has 4 rings (SSSR count). The fraction of sp³-hybridized carbons (Fsp3) is 0.136. The van der Waals surface area contributed by atoms with Gasteiger partial charge in [-0.15, -0.1) is 0 Å². The molecule has 3 heteroatoms. The predicted molar refractivity (Wildman–Crippen MR) is 99.7 cm³/mol. The summed E-state index contributed by atoms with van der Waals surface area (Å²) < 4.78 is 8.22. The van der Waals surface area contributed by atoms with Gasteiger partial charge in [0, 0.05) is 0 Å². The first-order chi connectivity index (χ1) is 12.4. The van der Waals surface area contributed by atoms with Crippen molar-refractivity contribution in [3.63, 3.8) is 0 Å². The molecule has 25 heavy (non-hydrogen) atoms. The fourth-order valence-corrected chi connectivity index (χ4v) is 3.14. The minimum atomic E-state index is 0.637. The molecule has 3 aromatic carbocycles. The number of ether oxygens (including phenoxy) is 1. The molecular weight excluding hydrogens is 308 g/mol. The average molecular weight is 329 g/mol. The molecule has 0 aliphatic rings. The smallest absolute Gasteiger partial charge is 0.259 e. The molecule has 4 aromatic rings. The largest absolute Gasteiger partial charge is 0.489 e. The van der Waals surface area contributed by atoms with Crippen LogP contribution < -0.4 is 9.30 Å². The summed E-state index contributed by atoms with van der Waals surface area (Å²) in [6.45, 7) is 1.44. The number of imidazole rings is 1. The number of nitrogens with zero attached hydrogens (tertiary/aromatic N) is 1. The Hall–Kier alpha value is -3.07. The minimum Gasteiger partial charge on any atom is -0.489 e. The highest BCUT2D eigenvalue weighted by Crippen LogP contribution is 2.13. The number of para-hydroxylation sites is 3. The van der Waals surface area contributed by atoms with E-state index in [2.05, 4.69) is 64.1 Å². The van der Waals surface area contributed by atoms with E-state index in [-0.39, 0.29) is 0 Å². The Balaban J connectivity index is 1.58. The summed E-state index contributed by atoms with van der Waals surface area (Å²) >= 11 is 0. The third-order valence-corrected chi connectivity index (χ3v) is 4.34. The van der Waals surface area contributed by atoms with E-state index in [1.54, 1.807) is 0 Å². The normalized spacial score (nSPS) is 10.9. The highest BCUT2D eigenvalue weighted by atomic mass is 16.5. The molecule has 0 atom stereocenters. The molecule has 0 amide bonds. The quantitative estimate of drug-likeness (QED) is 0.530. The lowest BCUT2D eigenvalue weighted by molar-refractivity contribution is -0.679. The minimum absolute atomic E-state index is 0.637. The molecule has 124 valence electrons. The molecule has 1 N–H and O–H groups in total. The molecule has 1 heterocycles. The zero-order chi connectivity index (χ0) is 16.9. The molecule has 0 aliphatic heterocycles. The van der Waals surface area contributed by atoms with Gasteiger partial charge in [-0.25, -0.2) is 9.55 Å². The standard InChI is InChI=1S/C22H20N2O/c1-3-9-18(10-4-1)17-22-23-20-13-7-8-14-21(20)24(22)15-16-25-19-11-5-2-6-12-19/h1-14H,15-17H2/p+1. The lowest BCUT2D eigenvalue weighted by Crippen LogP contribution is -2.39. The third kappa shape index (κ3) is 3.56. The van der Waals surface area contributed by atoms with Crippen molar-refractivity contribution in [3.8, 4) is 5.75 Å². The maximum atomic E-state index is 5.90. The van der Waals surface area contributed by atoms with Crippen LogP contribution in [0.1, 0.15) is 11.4 Å². The molecule has 0 bridgehead atoms. The van der Waals surface area contributed by atoms with Crippen LogP contribution in [0.15, 0.2) is 84.9 Å². The molecule has 0 radical (unpaired) electrons. The molecule has 0 spiro atoms. The van der Waals surface area contributed by atoms with E-state index in [9.17, 15) is 0 Å². The Labute approximate surface area is 147 Å². The van der Waals surface area contributed by atoms with Crippen molar-refractivity contribution in [2.24, 2.45) is 0 Å². The second-order valence-electron chi connectivity index (χ2n) is 6.06. The van der Waals surface area contributed by atoms with Crippen LogP contribution in [0.25, 0.3) is 11.0 Å². The molecule has 0 saturated carbocycles. The summed E-state index contributed by atoms with van der Waals surface area (Å²) in [6.07, 6.45) is 0.876. The number of rotatable bonds is 6. The van der Waals surface area contributed by atoms with E-state index in [0.29, 0.717) is 6.61 Å². The molecule has 0 aliphatic carbocycles. The van der Waals surface area contributed by atoms with Crippen molar-refractivity contribution in [2.75, 3.05) is 6.61 Å². The highest BCUT2D eigenvalue weighted by molar-refractivity contribution is 5.71. The van der Waals surface area contributed by atoms with Gasteiger partial charge in [0.2, 0.25) is 0 Å². The maximum Gasteiger partial charge on any atom is 0.259 e. The first kappa shape index (κ1) is 15.5. The molecule has 1 aromatic heterocycles. The summed E-state index contributed by atoms with van der Waals surface area (Å²) in [5.74, 6) is 2.11. The van der Waals surface area contributed by atoms with Crippen molar-refractivity contribution in [1.82, 2.24) is 4.98 Å². The van der Waals surface area contributed by atoms with Crippen LogP contribution in [0.4, 0.5) is 0 Å². The van der Waals surface area contributed by atoms with Crippen molar-refractivity contribution in [2.45, 2.75) is 13.0 Å². The van der Waals surface area contributed by atoms with Crippen molar-refractivity contribution in [1.29, 1.82) is 0 Å². The van der Waals surface area contributed by atoms with Crippen LogP contribution in [0.5, 0.6) is 5.75 Å². The van der Waals surface area contributed by atoms with Crippen molar-refractivity contribution in [3.05, 3.63) is 96.3 Å². The van der Waals surface area contributed by atoms with Gasteiger partial charge >= 0.3 is 0 Å². The Morgan fingerprint density at radius 3 is 2.24 bits per heavy atom. The van der Waals surface area contributed by atoms with Crippen LogP contribution in [-0.4, -0.2) is 11.6 Å². The molecule has 0 fully saturated rings. The van der Waals surface area contributed by atoms with Crippen molar-refractivity contribution < 1.29 is 9.30 Å². The van der Waals surface area contributed by atoms with Crippen molar-refractivity contribution >= 4 is 11.0 Å². The number of fused-ring (bicyclic) bond motifs is 1. The topological polar surface area (TPSA) is 28.9 Å². The number of nitrogens with one attached hydrogen (secondary N) is 1. The van der Waals surface area contributed by atoms with Gasteiger partial charge in [0.1, 0.15) is 18.9 Å². The van der Waals surface area contributed by atoms with Gasteiger partial charge in [-0.3, -0.25) is 0 Å². The highest BCUT2D eigenvalue weighted by Gasteiger charge is 2.18. The number of hydrogen-bond acceptors (Lipinski definition) is 1. The first-order valence-corrected chi connectivity index (χ1v) is 8.61. The van der Waals surface area contributed by atoms with E-state index in [0.717, 1.165) is 24.2 Å². The van der Waals surface area contributed by atoms with E-state index in [1.165, 1.54) is 16.9 Å². The lowest BCUT2D eigenvalue weighted by atomic mass is 10.1. The zero-order valence-corrected chi connectivity index (χ0v) is 14.1. The summed E-state index contributed by atoms with van der Waals surface area (Å²) in [5, 5.41) is 0. The van der Waals surface area contributed by atoms with E-state index in [4.69, 9.17) is 4.74 Å². The molecule has 0 saturated heterocycles. The van der Waals surface area contributed by atoms with Crippen LogP contribution >= 0.6 is 0 Å². The molecule has 0 unspecified atom stereocenters. The Morgan fingerprint density at radius 2 is 1.44 bits per heavy atom. The third-order valence-electron chi connectivity index (χ3n) is 4.34. The van der Waals surface area contributed by atoms with Crippen LogP contribution in [0.2, 0.25) is 0 Å². The predicted octanol–water partition coefficient (Wildman–Crippen LogP) is 4.13. The van der Waals surface area contributed by atoms with Gasteiger partial charge in [-0.2, -0.15) is 0 Å². The Bertz CT molecular complexity index is 946. The number of H-pyrrole nitrogens is 1. The summed E-state index contributed by atoms with van der Waals surface area (Å²) in [6, 6.07) is 28.9. The number of hydrogen-bond donors (Lipinski definition) is 1. The monoisotopic (exact) mass is 329 g/mol. The van der Waals surface area contributed by atoms with E-state index < -0.39 is 0 Å². The molecular formula is C22H21N2O+. The Kier molecular flexibility index (Phi) is 4.46. The van der Waals surface area contributed by atoms with Gasteiger partial charge in [-0.1, -0.05) is 60.7 Å².